The van der Waals surface area contributed by atoms with Crippen molar-refractivity contribution < 1.29 is 4.74 Å². The molecule has 0 saturated carbocycles. The molecule has 0 aromatic heterocycles. The largest absolute Gasteiger partial charge is 0.493 e. The summed E-state index contributed by atoms with van der Waals surface area (Å²) in [6.45, 7) is 5.02. The number of hydrogen-bond donors (Lipinski definition) is 0. The minimum Gasteiger partial charge on any atom is -0.493 e. The van der Waals surface area contributed by atoms with Crippen LogP contribution >= 0.6 is 0 Å². The molecule has 0 saturated heterocycles. The molecule has 0 aliphatic rings. The third-order valence-electron chi connectivity index (χ3n) is 3.45. The zero-order valence-electron chi connectivity index (χ0n) is 12.6. The molecular formula is C18H25OS+. The predicted molar refractivity (Wildman–Crippen MR) is 91.2 cm³/mol. The second-order valence-electron chi connectivity index (χ2n) is 5.00. The molecule has 0 radical (unpaired) electrons. The molecule has 0 N–H and O–H groups in total. The van der Waals surface area contributed by atoms with E-state index in [0.29, 0.717) is 0 Å². The van der Waals surface area contributed by atoms with Crippen molar-refractivity contribution in [2.45, 2.75) is 44.4 Å². The van der Waals surface area contributed by atoms with Gasteiger partial charge in [0.2, 0.25) is 0 Å². The Bertz CT molecular complexity index is 536. The lowest BCUT2D eigenvalue weighted by Crippen LogP contribution is -1.96. The van der Waals surface area contributed by atoms with Crippen LogP contribution in [0.1, 0.15) is 39.5 Å². The Morgan fingerprint density at radius 1 is 0.900 bits per heavy atom. The van der Waals surface area contributed by atoms with Gasteiger partial charge in [-0.2, -0.15) is 0 Å². The van der Waals surface area contributed by atoms with Crippen molar-refractivity contribution in [3.63, 3.8) is 0 Å². The summed E-state index contributed by atoms with van der Waals surface area (Å²) in [4.78, 5) is 1.43. The number of ether oxygens (including phenoxy) is 1. The summed E-state index contributed by atoms with van der Waals surface area (Å²) in [5.74, 6) is 2.27. The van der Waals surface area contributed by atoms with Gasteiger partial charge in [0.25, 0.3) is 0 Å². The van der Waals surface area contributed by atoms with Crippen LogP contribution in [0.5, 0.6) is 5.75 Å². The van der Waals surface area contributed by atoms with Gasteiger partial charge in [-0.15, -0.1) is 0 Å². The highest BCUT2D eigenvalue weighted by Gasteiger charge is 2.11. The van der Waals surface area contributed by atoms with Crippen molar-refractivity contribution >= 4 is 22.5 Å². The fourth-order valence-electron chi connectivity index (χ4n) is 2.41. The molecular weight excluding hydrogens is 264 g/mol. The normalized spacial score (nSPS) is 10.9. The lowest BCUT2D eigenvalue weighted by molar-refractivity contribution is 0.344. The first kappa shape index (κ1) is 15.2. The summed E-state index contributed by atoms with van der Waals surface area (Å²) in [6, 6.07) is 12.9. The smallest absolute Gasteiger partial charge is 0.160 e. The Balaban J connectivity index is 2.11. The summed E-state index contributed by atoms with van der Waals surface area (Å²) < 4.78 is 5.73. The van der Waals surface area contributed by atoms with E-state index in [4.69, 9.17) is 4.74 Å². The van der Waals surface area contributed by atoms with Crippen molar-refractivity contribution in [1.82, 2.24) is 0 Å². The Hall–Kier alpha value is -1.15. The molecule has 0 spiro atoms. The van der Waals surface area contributed by atoms with E-state index in [-0.39, 0.29) is 0 Å². The zero-order chi connectivity index (χ0) is 14.2. The molecule has 2 heteroatoms. The highest BCUT2D eigenvalue weighted by Crippen LogP contribution is 2.29. The molecule has 20 heavy (non-hydrogen) atoms. The first-order valence-corrected chi connectivity index (χ1v) is 8.76. The summed E-state index contributed by atoms with van der Waals surface area (Å²) in [5.41, 5.74) is 0. The predicted octanol–water partition coefficient (Wildman–Crippen LogP) is 4.99. The third-order valence-corrected chi connectivity index (χ3v) is 4.73. The number of hydrogen-bond acceptors (Lipinski definition) is 1. The molecule has 0 heterocycles. The van der Waals surface area contributed by atoms with Gasteiger partial charge in [0.1, 0.15) is 11.5 Å². The molecule has 0 fully saturated rings. The lowest BCUT2D eigenvalue weighted by Gasteiger charge is -2.08. The van der Waals surface area contributed by atoms with Gasteiger partial charge >= 0.3 is 0 Å². The van der Waals surface area contributed by atoms with Gasteiger partial charge in [0.05, 0.1) is 6.61 Å². The average molecular weight is 289 g/mol. The van der Waals surface area contributed by atoms with Gasteiger partial charge in [-0.1, -0.05) is 38.0 Å². The summed E-state index contributed by atoms with van der Waals surface area (Å²) >= 11 is 1.44. The molecule has 108 valence electrons. The number of rotatable bonds is 8. The van der Waals surface area contributed by atoms with Crippen molar-refractivity contribution in [3.05, 3.63) is 36.4 Å². The SMILES string of the molecule is CCCCCC[SH+]c1ccc(OCC)c2ccccc12. The van der Waals surface area contributed by atoms with Crippen LogP contribution in [-0.2, 0) is 11.8 Å². The molecule has 2 rings (SSSR count). The van der Waals surface area contributed by atoms with Crippen molar-refractivity contribution in [2.24, 2.45) is 0 Å². The fourth-order valence-corrected chi connectivity index (χ4v) is 3.58. The third kappa shape index (κ3) is 3.92. The van der Waals surface area contributed by atoms with Gasteiger partial charge < -0.3 is 4.74 Å². The van der Waals surface area contributed by atoms with E-state index in [9.17, 15) is 0 Å². The molecule has 0 aliphatic heterocycles. The maximum Gasteiger partial charge on any atom is 0.160 e. The van der Waals surface area contributed by atoms with Crippen molar-refractivity contribution in [2.75, 3.05) is 12.4 Å². The van der Waals surface area contributed by atoms with Crippen LogP contribution in [-0.4, -0.2) is 12.4 Å². The van der Waals surface area contributed by atoms with E-state index in [1.807, 2.05) is 6.92 Å². The molecule has 2 aromatic rings. The first-order valence-electron chi connectivity index (χ1n) is 7.68. The van der Waals surface area contributed by atoms with Crippen LogP contribution in [0.15, 0.2) is 41.3 Å². The Morgan fingerprint density at radius 2 is 1.70 bits per heavy atom. The molecule has 1 nitrogen and oxygen atoms in total. The lowest BCUT2D eigenvalue weighted by atomic mass is 10.1. The number of unbranched alkanes of at least 4 members (excludes halogenated alkanes) is 3. The Labute approximate surface area is 126 Å². The van der Waals surface area contributed by atoms with Crippen LogP contribution in [0.3, 0.4) is 0 Å². The summed E-state index contributed by atoms with van der Waals surface area (Å²) in [5, 5.41) is 2.59. The van der Waals surface area contributed by atoms with E-state index < -0.39 is 0 Å². The van der Waals surface area contributed by atoms with Crippen LogP contribution in [0.4, 0.5) is 0 Å². The van der Waals surface area contributed by atoms with Crippen LogP contribution < -0.4 is 4.74 Å². The monoisotopic (exact) mass is 289 g/mol. The maximum atomic E-state index is 5.73. The molecule has 0 bridgehead atoms. The summed E-state index contributed by atoms with van der Waals surface area (Å²) in [6.07, 6.45) is 5.36. The fraction of sp³-hybridized carbons (Fsp3) is 0.444. The van der Waals surface area contributed by atoms with E-state index in [2.05, 4.69) is 43.3 Å². The van der Waals surface area contributed by atoms with E-state index in [0.717, 1.165) is 12.4 Å². The Kier molecular flexibility index (Phi) is 6.25. The maximum absolute atomic E-state index is 5.73. The second kappa shape index (κ2) is 8.21. The standard InChI is InChI=1S/C18H24OS/c1-3-5-6-9-14-20-18-13-12-17(19-4-2)15-10-7-8-11-16(15)18/h7-8,10-13H,3-6,9,14H2,1-2H3/p+1. The quantitative estimate of drug-likeness (QED) is 0.378. The molecule has 0 unspecified atom stereocenters. The van der Waals surface area contributed by atoms with Gasteiger partial charge in [-0.3, -0.25) is 0 Å². The van der Waals surface area contributed by atoms with E-state index in [1.54, 1.807) is 0 Å². The molecule has 0 amide bonds. The van der Waals surface area contributed by atoms with Crippen LogP contribution in [0.25, 0.3) is 10.8 Å². The minimum atomic E-state index is 0.720. The summed E-state index contributed by atoms with van der Waals surface area (Å²) in [7, 11) is 0. The number of fused-ring (bicyclic) bond motifs is 1. The van der Waals surface area contributed by atoms with E-state index >= 15 is 0 Å². The molecule has 2 aromatic carbocycles. The van der Waals surface area contributed by atoms with Crippen molar-refractivity contribution in [1.29, 1.82) is 0 Å². The van der Waals surface area contributed by atoms with E-state index in [1.165, 1.54) is 58.9 Å². The molecule has 0 atom stereocenters. The topological polar surface area (TPSA) is 9.23 Å². The van der Waals surface area contributed by atoms with Gasteiger partial charge in [-0.05, 0) is 38.0 Å². The van der Waals surface area contributed by atoms with Crippen LogP contribution in [0, 0.1) is 0 Å². The highest BCUT2D eigenvalue weighted by atomic mass is 32.2. The minimum absolute atomic E-state index is 0.720. The Morgan fingerprint density at radius 3 is 2.45 bits per heavy atom. The first-order chi connectivity index (χ1) is 9.86. The average Bonchev–Trinajstić information content (AvgIpc) is 2.49. The highest BCUT2D eigenvalue weighted by molar-refractivity contribution is 7.78. The van der Waals surface area contributed by atoms with Crippen molar-refractivity contribution in [3.8, 4) is 5.75 Å². The number of thiol groups is 1. The second-order valence-corrected chi connectivity index (χ2v) is 6.25. The van der Waals surface area contributed by atoms with Crippen LogP contribution in [0.2, 0.25) is 0 Å². The number of benzene rings is 2. The van der Waals surface area contributed by atoms with Gasteiger partial charge in [0.15, 0.2) is 4.90 Å². The molecule has 0 aliphatic carbocycles. The van der Waals surface area contributed by atoms with Gasteiger partial charge in [-0.25, -0.2) is 0 Å². The van der Waals surface area contributed by atoms with Gasteiger partial charge in [0, 0.05) is 22.5 Å². The zero-order valence-corrected chi connectivity index (χ0v) is 13.5.